The van der Waals surface area contributed by atoms with E-state index in [0.717, 1.165) is 17.7 Å². The normalized spacial score (nSPS) is 12.1. The average molecular weight is 333 g/mol. The summed E-state index contributed by atoms with van der Waals surface area (Å²) in [6, 6.07) is 18.8. The zero-order valence-corrected chi connectivity index (χ0v) is 13.5. The fourth-order valence-electron chi connectivity index (χ4n) is 2.20. The van der Waals surface area contributed by atoms with Crippen LogP contribution in [0.15, 0.2) is 54.6 Å². The van der Waals surface area contributed by atoms with E-state index in [4.69, 9.17) is 4.74 Å². The highest BCUT2D eigenvalue weighted by Gasteiger charge is 2.07. The summed E-state index contributed by atoms with van der Waals surface area (Å²) in [4.78, 5) is 0. The van der Waals surface area contributed by atoms with E-state index in [-0.39, 0.29) is 0 Å². The van der Waals surface area contributed by atoms with Gasteiger partial charge in [-0.2, -0.15) is 0 Å². The predicted molar refractivity (Wildman–Crippen MR) is 89.6 cm³/mol. The van der Waals surface area contributed by atoms with Crippen LogP contribution in [-0.4, -0.2) is 11.9 Å². The van der Waals surface area contributed by atoms with E-state index in [0.29, 0.717) is 5.92 Å². The predicted octanol–water partition coefficient (Wildman–Crippen LogP) is 5.54. The molecule has 2 aromatic carbocycles. The Bertz CT molecular complexity index is 493. The maximum absolute atomic E-state index is 5.87. The maximum Gasteiger partial charge on any atom is 0.119 e. The van der Waals surface area contributed by atoms with Crippen molar-refractivity contribution in [1.82, 2.24) is 0 Å². The fraction of sp³-hybridized carbons (Fsp3) is 0.333. The van der Waals surface area contributed by atoms with Gasteiger partial charge in [-0.15, -0.1) is 0 Å². The van der Waals surface area contributed by atoms with Crippen molar-refractivity contribution in [2.45, 2.75) is 19.8 Å². The lowest BCUT2D eigenvalue weighted by Crippen LogP contribution is -2.13. The Morgan fingerprint density at radius 3 is 2.20 bits per heavy atom. The second-order valence-corrected chi connectivity index (χ2v) is 5.66. The van der Waals surface area contributed by atoms with Crippen molar-refractivity contribution >= 4 is 15.9 Å². The molecular weight excluding hydrogens is 312 g/mol. The van der Waals surface area contributed by atoms with Crippen LogP contribution < -0.4 is 4.74 Å². The topological polar surface area (TPSA) is 9.23 Å². The molecule has 1 nitrogen and oxygen atoms in total. The van der Waals surface area contributed by atoms with Crippen molar-refractivity contribution < 1.29 is 4.74 Å². The molecule has 1 unspecified atom stereocenters. The van der Waals surface area contributed by atoms with Crippen molar-refractivity contribution in [3.8, 4) is 16.9 Å². The van der Waals surface area contributed by atoms with Gasteiger partial charge in [0.2, 0.25) is 0 Å². The Morgan fingerprint density at radius 1 is 0.950 bits per heavy atom. The van der Waals surface area contributed by atoms with Crippen LogP contribution in [0.25, 0.3) is 11.1 Å². The summed E-state index contributed by atoms with van der Waals surface area (Å²) in [5.41, 5.74) is 2.46. The standard InChI is InChI=1S/C18H21BrO/c1-2-6-15(13-19)14-20-18-11-9-17(10-12-18)16-7-4-3-5-8-16/h3-5,7-12,15H,2,6,13-14H2,1H3. The average Bonchev–Trinajstić information content (AvgIpc) is 2.53. The Balaban J connectivity index is 1.95. The van der Waals surface area contributed by atoms with E-state index in [1.807, 2.05) is 6.07 Å². The van der Waals surface area contributed by atoms with Crippen molar-refractivity contribution in [2.75, 3.05) is 11.9 Å². The van der Waals surface area contributed by atoms with Gasteiger partial charge in [-0.3, -0.25) is 0 Å². The third-order valence-corrected chi connectivity index (χ3v) is 4.28. The molecule has 0 amide bonds. The van der Waals surface area contributed by atoms with Crippen molar-refractivity contribution in [2.24, 2.45) is 5.92 Å². The van der Waals surface area contributed by atoms with Gasteiger partial charge in [0, 0.05) is 11.2 Å². The molecular formula is C18H21BrO. The third-order valence-electron chi connectivity index (χ3n) is 3.36. The Kier molecular flexibility index (Phi) is 6.13. The highest BCUT2D eigenvalue weighted by molar-refractivity contribution is 9.09. The summed E-state index contributed by atoms with van der Waals surface area (Å²) in [5.74, 6) is 1.54. The number of halogens is 1. The van der Waals surface area contributed by atoms with E-state index < -0.39 is 0 Å². The second kappa shape index (κ2) is 8.11. The molecule has 2 aromatic rings. The smallest absolute Gasteiger partial charge is 0.119 e. The van der Waals surface area contributed by atoms with Crippen molar-refractivity contribution in [1.29, 1.82) is 0 Å². The van der Waals surface area contributed by atoms with Gasteiger partial charge < -0.3 is 4.74 Å². The van der Waals surface area contributed by atoms with Crippen LogP contribution in [0.2, 0.25) is 0 Å². The number of ether oxygens (including phenoxy) is 1. The molecule has 0 spiro atoms. The van der Waals surface area contributed by atoms with Crippen LogP contribution in [0.5, 0.6) is 5.75 Å². The lowest BCUT2D eigenvalue weighted by Gasteiger charge is -2.14. The fourth-order valence-corrected chi connectivity index (χ4v) is 2.71. The van der Waals surface area contributed by atoms with Gasteiger partial charge in [-0.1, -0.05) is 71.7 Å². The van der Waals surface area contributed by atoms with Gasteiger partial charge in [-0.05, 0) is 29.7 Å². The molecule has 0 saturated heterocycles. The molecule has 1 atom stereocenters. The molecule has 0 radical (unpaired) electrons. The van der Waals surface area contributed by atoms with E-state index in [2.05, 4.69) is 71.4 Å². The first-order valence-electron chi connectivity index (χ1n) is 7.17. The summed E-state index contributed by atoms with van der Waals surface area (Å²) in [6.07, 6.45) is 2.40. The molecule has 106 valence electrons. The molecule has 0 fully saturated rings. The SMILES string of the molecule is CCCC(CBr)COc1ccc(-c2ccccc2)cc1. The molecule has 0 saturated carbocycles. The van der Waals surface area contributed by atoms with Gasteiger partial charge in [-0.25, -0.2) is 0 Å². The molecule has 0 aliphatic rings. The Hall–Kier alpha value is -1.28. The van der Waals surface area contributed by atoms with Crippen LogP contribution >= 0.6 is 15.9 Å². The lowest BCUT2D eigenvalue weighted by molar-refractivity contribution is 0.255. The van der Waals surface area contributed by atoms with Crippen LogP contribution in [-0.2, 0) is 0 Å². The molecule has 0 aromatic heterocycles. The van der Waals surface area contributed by atoms with Gasteiger partial charge in [0.15, 0.2) is 0 Å². The van der Waals surface area contributed by atoms with Crippen LogP contribution in [0.3, 0.4) is 0 Å². The first-order valence-corrected chi connectivity index (χ1v) is 8.30. The minimum atomic E-state index is 0.591. The summed E-state index contributed by atoms with van der Waals surface area (Å²) < 4.78 is 5.87. The molecule has 0 N–H and O–H groups in total. The molecule has 0 aliphatic carbocycles. The van der Waals surface area contributed by atoms with Crippen molar-refractivity contribution in [3.05, 3.63) is 54.6 Å². The van der Waals surface area contributed by atoms with Gasteiger partial charge in [0.1, 0.15) is 5.75 Å². The van der Waals surface area contributed by atoms with Gasteiger partial charge in [0.05, 0.1) is 6.61 Å². The number of rotatable bonds is 7. The van der Waals surface area contributed by atoms with Gasteiger partial charge in [0.25, 0.3) is 0 Å². The number of hydrogen-bond acceptors (Lipinski definition) is 1. The summed E-state index contributed by atoms with van der Waals surface area (Å²) >= 11 is 3.55. The number of benzene rings is 2. The molecule has 0 bridgehead atoms. The van der Waals surface area contributed by atoms with E-state index in [1.165, 1.54) is 24.0 Å². The molecule has 20 heavy (non-hydrogen) atoms. The zero-order chi connectivity index (χ0) is 14.2. The van der Waals surface area contributed by atoms with Gasteiger partial charge >= 0.3 is 0 Å². The van der Waals surface area contributed by atoms with E-state index in [9.17, 15) is 0 Å². The van der Waals surface area contributed by atoms with E-state index in [1.54, 1.807) is 0 Å². The monoisotopic (exact) mass is 332 g/mol. The molecule has 2 heteroatoms. The van der Waals surface area contributed by atoms with Crippen LogP contribution in [0.4, 0.5) is 0 Å². The zero-order valence-electron chi connectivity index (χ0n) is 11.9. The molecule has 0 aliphatic heterocycles. The largest absolute Gasteiger partial charge is 0.493 e. The minimum Gasteiger partial charge on any atom is -0.493 e. The Morgan fingerprint density at radius 2 is 1.60 bits per heavy atom. The van der Waals surface area contributed by atoms with E-state index >= 15 is 0 Å². The molecule has 0 heterocycles. The summed E-state index contributed by atoms with van der Waals surface area (Å²) in [7, 11) is 0. The lowest BCUT2D eigenvalue weighted by atomic mass is 10.1. The summed E-state index contributed by atoms with van der Waals surface area (Å²) in [5, 5.41) is 1.00. The highest BCUT2D eigenvalue weighted by atomic mass is 79.9. The first-order chi connectivity index (χ1) is 9.83. The quantitative estimate of drug-likeness (QED) is 0.604. The minimum absolute atomic E-state index is 0.591. The Labute approximate surface area is 130 Å². The number of hydrogen-bond donors (Lipinski definition) is 0. The third kappa shape index (κ3) is 4.38. The summed E-state index contributed by atoms with van der Waals surface area (Å²) in [6.45, 7) is 2.99. The molecule has 2 rings (SSSR count). The highest BCUT2D eigenvalue weighted by Crippen LogP contribution is 2.22. The number of alkyl halides is 1. The second-order valence-electron chi connectivity index (χ2n) is 5.01. The van der Waals surface area contributed by atoms with Crippen molar-refractivity contribution in [3.63, 3.8) is 0 Å². The maximum atomic E-state index is 5.87. The first kappa shape index (κ1) is 15.1. The van der Waals surface area contributed by atoms with Crippen LogP contribution in [0.1, 0.15) is 19.8 Å². The van der Waals surface area contributed by atoms with Crippen LogP contribution in [0, 0.1) is 5.92 Å².